The summed E-state index contributed by atoms with van der Waals surface area (Å²) in [4.78, 5) is 17.0. The molecule has 2 aliphatic rings. The van der Waals surface area contributed by atoms with E-state index in [1.54, 1.807) is 0 Å². The minimum Gasteiger partial charge on any atom is -0.381 e. The summed E-state index contributed by atoms with van der Waals surface area (Å²) < 4.78 is 5.48. The summed E-state index contributed by atoms with van der Waals surface area (Å²) in [6.45, 7) is 11.3. The van der Waals surface area contributed by atoms with Crippen molar-refractivity contribution >= 4 is 5.91 Å². The molecule has 2 fully saturated rings. The van der Waals surface area contributed by atoms with E-state index in [4.69, 9.17) is 4.74 Å². The maximum Gasteiger partial charge on any atom is 0.222 e. The topological polar surface area (TPSA) is 32.8 Å². The van der Waals surface area contributed by atoms with Gasteiger partial charge >= 0.3 is 0 Å². The maximum atomic E-state index is 12.4. The molecule has 0 bridgehead atoms. The molecule has 2 heterocycles. The van der Waals surface area contributed by atoms with E-state index in [0.717, 1.165) is 65.2 Å². The molecule has 0 unspecified atom stereocenters. The van der Waals surface area contributed by atoms with Gasteiger partial charge in [0.05, 0.1) is 0 Å². The standard InChI is InChI=1S/C16H30N2O2/c1-14(2)12-17-6-4-7-18(9-8-17)16(19)11-15-5-3-10-20-13-15/h14-15H,3-13H2,1-2H3/t15-/m0/s1. The lowest BCUT2D eigenvalue weighted by molar-refractivity contribution is -0.133. The lowest BCUT2D eigenvalue weighted by Gasteiger charge is -2.26. The van der Waals surface area contributed by atoms with E-state index < -0.39 is 0 Å². The van der Waals surface area contributed by atoms with Gasteiger partial charge in [0.1, 0.15) is 0 Å². The summed E-state index contributed by atoms with van der Waals surface area (Å²) in [5.41, 5.74) is 0. The molecule has 116 valence electrons. The highest BCUT2D eigenvalue weighted by Crippen LogP contribution is 2.19. The molecule has 0 saturated carbocycles. The SMILES string of the molecule is CC(C)CN1CCCN(C(=O)C[C@@H]2CCCOC2)CC1. The van der Waals surface area contributed by atoms with Gasteiger partial charge in [-0.15, -0.1) is 0 Å². The van der Waals surface area contributed by atoms with Gasteiger partial charge in [-0.3, -0.25) is 4.79 Å². The van der Waals surface area contributed by atoms with Gasteiger partial charge in [-0.2, -0.15) is 0 Å². The number of hydrogen-bond donors (Lipinski definition) is 0. The summed E-state index contributed by atoms with van der Waals surface area (Å²) in [7, 11) is 0. The molecule has 0 aromatic carbocycles. The summed E-state index contributed by atoms with van der Waals surface area (Å²) in [5.74, 6) is 1.50. The van der Waals surface area contributed by atoms with Gasteiger partial charge in [0.2, 0.25) is 5.91 Å². The minimum absolute atomic E-state index is 0.340. The molecule has 20 heavy (non-hydrogen) atoms. The highest BCUT2D eigenvalue weighted by atomic mass is 16.5. The lowest BCUT2D eigenvalue weighted by Crippen LogP contribution is -2.37. The fourth-order valence-corrected chi connectivity index (χ4v) is 3.26. The van der Waals surface area contributed by atoms with Crippen molar-refractivity contribution in [2.75, 3.05) is 45.9 Å². The van der Waals surface area contributed by atoms with Crippen molar-refractivity contribution in [2.45, 2.75) is 39.5 Å². The van der Waals surface area contributed by atoms with Crippen LogP contribution in [0, 0.1) is 11.8 Å². The number of rotatable bonds is 4. The first-order valence-corrected chi connectivity index (χ1v) is 8.23. The van der Waals surface area contributed by atoms with Crippen molar-refractivity contribution in [3.05, 3.63) is 0 Å². The molecule has 0 aromatic rings. The summed E-state index contributed by atoms with van der Waals surface area (Å²) in [6, 6.07) is 0. The minimum atomic E-state index is 0.340. The van der Waals surface area contributed by atoms with E-state index in [1.807, 2.05) is 0 Å². The number of hydrogen-bond acceptors (Lipinski definition) is 3. The molecular weight excluding hydrogens is 252 g/mol. The van der Waals surface area contributed by atoms with Crippen LogP contribution in [0.15, 0.2) is 0 Å². The van der Waals surface area contributed by atoms with Crippen LogP contribution in [-0.2, 0) is 9.53 Å². The van der Waals surface area contributed by atoms with Crippen LogP contribution in [0.2, 0.25) is 0 Å². The normalized spacial score (nSPS) is 25.8. The Labute approximate surface area is 123 Å². The van der Waals surface area contributed by atoms with Gasteiger partial charge in [0, 0.05) is 45.8 Å². The predicted molar refractivity (Wildman–Crippen MR) is 80.6 cm³/mol. The first kappa shape index (κ1) is 15.8. The lowest BCUT2D eigenvalue weighted by atomic mass is 9.98. The molecule has 0 aliphatic carbocycles. The van der Waals surface area contributed by atoms with Crippen LogP contribution in [0.3, 0.4) is 0 Å². The largest absolute Gasteiger partial charge is 0.381 e. The molecule has 1 atom stereocenters. The second-order valence-electron chi connectivity index (χ2n) is 6.72. The highest BCUT2D eigenvalue weighted by molar-refractivity contribution is 5.76. The second kappa shape index (κ2) is 7.99. The van der Waals surface area contributed by atoms with E-state index in [-0.39, 0.29) is 0 Å². The molecule has 2 aliphatic heterocycles. The maximum absolute atomic E-state index is 12.4. The average Bonchev–Trinajstić information content (AvgIpc) is 2.65. The van der Waals surface area contributed by atoms with Crippen molar-refractivity contribution < 1.29 is 9.53 Å². The van der Waals surface area contributed by atoms with Crippen LogP contribution in [0.5, 0.6) is 0 Å². The fraction of sp³-hybridized carbons (Fsp3) is 0.938. The summed E-state index contributed by atoms with van der Waals surface area (Å²) in [5, 5.41) is 0. The number of carbonyl (C=O) groups excluding carboxylic acids is 1. The Morgan fingerprint density at radius 3 is 2.75 bits per heavy atom. The fourth-order valence-electron chi connectivity index (χ4n) is 3.26. The number of amides is 1. The van der Waals surface area contributed by atoms with E-state index in [1.165, 1.54) is 0 Å². The van der Waals surface area contributed by atoms with Gasteiger partial charge < -0.3 is 14.5 Å². The average molecular weight is 282 g/mol. The van der Waals surface area contributed by atoms with Crippen LogP contribution < -0.4 is 0 Å². The Bertz CT molecular complexity index is 301. The Kier molecular flexibility index (Phi) is 6.30. The molecular formula is C16H30N2O2. The first-order chi connectivity index (χ1) is 9.65. The number of ether oxygens (including phenoxy) is 1. The van der Waals surface area contributed by atoms with Gasteiger partial charge in [-0.1, -0.05) is 13.8 Å². The Balaban J connectivity index is 1.75. The van der Waals surface area contributed by atoms with E-state index >= 15 is 0 Å². The second-order valence-corrected chi connectivity index (χ2v) is 6.72. The van der Waals surface area contributed by atoms with E-state index in [0.29, 0.717) is 24.2 Å². The number of carbonyl (C=O) groups is 1. The monoisotopic (exact) mass is 282 g/mol. The zero-order chi connectivity index (χ0) is 14.4. The third kappa shape index (κ3) is 5.06. The highest BCUT2D eigenvalue weighted by Gasteiger charge is 2.23. The van der Waals surface area contributed by atoms with E-state index in [2.05, 4.69) is 23.6 Å². The number of nitrogens with zero attached hydrogens (tertiary/aromatic N) is 2. The molecule has 4 heteroatoms. The molecule has 1 amide bonds. The molecule has 0 radical (unpaired) electrons. The summed E-state index contributed by atoms with van der Waals surface area (Å²) in [6.07, 6.45) is 4.06. The Morgan fingerprint density at radius 2 is 2.05 bits per heavy atom. The predicted octanol–water partition coefficient (Wildman–Crippen LogP) is 1.99. The zero-order valence-electron chi connectivity index (χ0n) is 13.1. The zero-order valence-corrected chi connectivity index (χ0v) is 13.1. The molecule has 0 N–H and O–H groups in total. The van der Waals surface area contributed by atoms with Crippen molar-refractivity contribution in [3.8, 4) is 0 Å². The van der Waals surface area contributed by atoms with E-state index in [9.17, 15) is 4.79 Å². The van der Waals surface area contributed by atoms with Gasteiger partial charge in [-0.25, -0.2) is 0 Å². The molecule has 2 saturated heterocycles. The van der Waals surface area contributed by atoms with Crippen molar-refractivity contribution in [3.63, 3.8) is 0 Å². The Hall–Kier alpha value is -0.610. The van der Waals surface area contributed by atoms with Crippen LogP contribution >= 0.6 is 0 Å². The van der Waals surface area contributed by atoms with Crippen molar-refractivity contribution in [1.82, 2.24) is 9.80 Å². The Morgan fingerprint density at radius 1 is 1.20 bits per heavy atom. The van der Waals surface area contributed by atoms with Gasteiger partial charge in [-0.05, 0) is 37.6 Å². The quantitative estimate of drug-likeness (QED) is 0.790. The van der Waals surface area contributed by atoms with Crippen LogP contribution in [-0.4, -0.2) is 61.6 Å². The smallest absolute Gasteiger partial charge is 0.222 e. The van der Waals surface area contributed by atoms with Gasteiger partial charge in [0.15, 0.2) is 0 Å². The van der Waals surface area contributed by atoms with Crippen LogP contribution in [0.25, 0.3) is 0 Å². The third-order valence-corrected chi connectivity index (χ3v) is 4.28. The summed E-state index contributed by atoms with van der Waals surface area (Å²) >= 11 is 0. The first-order valence-electron chi connectivity index (χ1n) is 8.23. The third-order valence-electron chi connectivity index (χ3n) is 4.28. The molecule has 0 aromatic heterocycles. The van der Waals surface area contributed by atoms with Crippen LogP contribution in [0.4, 0.5) is 0 Å². The van der Waals surface area contributed by atoms with Crippen molar-refractivity contribution in [1.29, 1.82) is 0 Å². The molecule has 4 nitrogen and oxygen atoms in total. The van der Waals surface area contributed by atoms with Crippen LogP contribution in [0.1, 0.15) is 39.5 Å². The van der Waals surface area contributed by atoms with Gasteiger partial charge in [0.25, 0.3) is 0 Å². The molecule has 0 spiro atoms. The molecule has 2 rings (SSSR count). The van der Waals surface area contributed by atoms with Crippen molar-refractivity contribution in [2.24, 2.45) is 11.8 Å².